The second-order valence-corrected chi connectivity index (χ2v) is 4.92. The van der Waals surface area contributed by atoms with Gasteiger partial charge in [0.15, 0.2) is 0 Å². The fourth-order valence-corrected chi connectivity index (χ4v) is 1.69. The van der Waals surface area contributed by atoms with E-state index in [2.05, 4.69) is 10.6 Å². The average Bonchev–Trinajstić information content (AvgIpc) is 2.43. The lowest BCUT2D eigenvalue weighted by molar-refractivity contribution is -0.137. The first kappa shape index (κ1) is 17.4. The molecule has 0 unspecified atom stereocenters. The first-order valence-electron chi connectivity index (χ1n) is 6.30. The number of nitrogens with one attached hydrogen (secondary N) is 2. The number of carboxylic acids is 1. The molecule has 0 aromatic heterocycles. The number of halogens is 2. The maximum atomic E-state index is 11.3. The molecule has 1 aromatic carbocycles. The molecular formula is C13H16Cl2N2O4. The maximum absolute atomic E-state index is 11.3. The monoisotopic (exact) mass is 334 g/mol. The topological polar surface area (TPSA) is 87.7 Å². The first-order valence-corrected chi connectivity index (χ1v) is 7.06. The second-order valence-electron chi connectivity index (χ2n) is 4.10. The standard InChI is InChI=1S/C13H16Cl2N2O4/c14-10-4-3-9(8-11(10)15)21-7-6-17-13(20)16-5-1-2-12(18)19/h3-4,8H,1-2,5-7H2,(H,18,19)(H2,16,17,20). The lowest BCUT2D eigenvalue weighted by Gasteiger charge is -2.09. The lowest BCUT2D eigenvalue weighted by Crippen LogP contribution is -2.38. The first-order chi connectivity index (χ1) is 9.99. The number of urea groups is 1. The second kappa shape index (κ2) is 9.31. The van der Waals surface area contributed by atoms with Gasteiger partial charge >= 0.3 is 12.0 Å². The van der Waals surface area contributed by atoms with E-state index in [1.165, 1.54) is 0 Å². The van der Waals surface area contributed by atoms with Crippen LogP contribution in [0.5, 0.6) is 5.75 Å². The Morgan fingerprint density at radius 1 is 1.14 bits per heavy atom. The molecule has 2 amide bonds. The van der Waals surface area contributed by atoms with Crippen LogP contribution in [0.4, 0.5) is 4.79 Å². The Balaban J connectivity index is 2.11. The van der Waals surface area contributed by atoms with Crippen molar-refractivity contribution >= 4 is 35.2 Å². The molecule has 8 heteroatoms. The van der Waals surface area contributed by atoms with E-state index in [1.54, 1.807) is 18.2 Å². The fraction of sp³-hybridized carbons (Fsp3) is 0.385. The lowest BCUT2D eigenvalue weighted by atomic mass is 10.3. The number of aliphatic carboxylic acids is 1. The highest BCUT2D eigenvalue weighted by molar-refractivity contribution is 6.42. The summed E-state index contributed by atoms with van der Waals surface area (Å²) < 4.78 is 5.39. The van der Waals surface area contributed by atoms with Gasteiger partial charge in [-0.3, -0.25) is 4.79 Å². The molecule has 3 N–H and O–H groups in total. The minimum absolute atomic E-state index is 0.0285. The number of rotatable bonds is 8. The number of hydrogen-bond acceptors (Lipinski definition) is 3. The highest BCUT2D eigenvalue weighted by Crippen LogP contribution is 2.26. The van der Waals surface area contributed by atoms with E-state index in [0.29, 0.717) is 35.3 Å². The van der Waals surface area contributed by atoms with Gasteiger partial charge in [-0.05, 0) is 18.6 Å². The zero-order chi connectivity index (χ0) is 15.7. The summed E-state index contributed by atoms with van der Waals surface area (Å²) in [7, 11) is 0. The Morgan fingerprint density at radius 2 is 1.86 bits per heavy atom. The van der Waals surface area contributed by atoms with Gasteiger partial charge in [0.25, 0.3) is 0 Å². The van der Waals surface area contributed by atoms with Crippen molar-refractivity contribution in [3.05, 3.63) is 28.2 Å². The Morgan fingerprint density at radius 3 is 2.52 bits per heavy atom. The Labute approximate surface area is 132 Å². The van der Waals surface area contributed by atoms with Crippen molar-refractivity contribution in [3.63, 3.8) is 0 Å². The van der Waals surface area contributed by atoms with E-state index in [-0.39, 0.29) is 19.1 Å². The van der Waals surface area contributed by atoms with Gasteiger partial charge < -0.3 is 20.5 Å². The van der Waals surface area contributed by atoms with Gasteiger partial charge in [0.1, 0.15) is 12.4 Å². The van der Waals surface area contributed by atoms with Crippen LogP contribution >= 0.6 is 23.2 Å². The molecule has 0 aliphatic carbocycles. The summed E-state index contributed by atoms with van der Waals surface area (Å²) >= 11 is 11.6. The van der Waals surface area contributed by atoms with Gasteiger partial charge in [0.05, 0.1) is 16.6 Å². The van der Waals surface area contributed by atoms with Crippen molar-refractivity contribution in [2.75, 3.05) is 19.7 Å². The van der Waals surface area contributed by atoms with Crippen LogP contribution in [0.15, 0.2) is 18.2 Å². The Kier molecular flexibility index (Phi) is 7.71. The highest BCUT2D eigenvalue weighted by atomic mass is 35.5. The van der Waals surface area contributed by atoms with Gasteiger partial charge in [-0.15, -0.1) is 0 Å². The number of amides is 2. The number of hydrogen-bond donors (Lipinski definition) is 3. The minimum atomic E-state index is -0.882. The zero-order valence-electron chi connectivity index (χ0n) is 11.2. The zero-order valence-corrected chi connectivity index (χ0v) is 12.7. The van der Waals surface area contributed by atoms with E-state index < -0.39 is 5.97 Å². The molecule has 0 spiro atoms. The molecule has 21 heavy (non-hydrogen) atoms. The van der Waals surface area contributed by atoms with Gasteiger partial charge in [-0.2, -0.15) is 0 Å². The molecular weight excluding hydrogens is 319 g/mol. The summed E-state index contributed by atoms with van der Waals surface area (Å²) in [5, 5.41) is 14.4. The quantitative estimate of drug-likeness (QED) is 0.637. The third kappa shape index (κ3) is 7.63. The summed E-state index contributed by atoms with van der Waals surface area (Å²) in [5.41, 5.74) is 0. The summed E-state index contributed by atoms with van der Waals surface area (Å²) in [5.74, 6) is -0.319. The van der Waals surface area contributed by atoms with Crippen molar-refractivity contribution in [1.29, 1.82) is 0 Å². The van der Waals surface area contributed by atoms with Crippen molar-refractivity contribution in [1.82, 2.24) is 10.6 Å². The molecule has 0 bridgehead atoms. The molecule has 116 valence electrons. The van der Waals surface area contributed by atoms with Crippen LogP contribution in [0, 0.1) is 0 Å². The predicted octanol–water partition coefficient (Wildman–Crippen LogP) is 2.54. The third-order valence-electron chi connectivity index (χ3n) is 2.40. The van der Waals surface area contributed by atoms with Crippen molar-refractivity contribution in [3.8, 4) is 5.75 Å². The molecule has 0 saturated carbocycles. The molecule has 0 fully saturated rings. The average molecular weight is 335 g/mol. The summed E-state index contributed by atoms with van der Waals surface area (Å²) in [6, 6.07) is 4.54. The fourth-order valence-electron chi connectivity index (χ4n) is 1.40. The van der Waals surface area contributed by atoms with E-state index in [4.69, 9.17) is 33.0 Å². The molecule has 0 atom stereocenters. The summed E-state index contributed by atoms with van der Waals surface area (Å²) in [6.07, 6.45) is 0.420. The van der Waals surface area contributed by atoms with Crippen LogP contribution in [0.3, 0.4) is 0 Å². The predicted molar refractivity (Wildman–Crippen MR) is 80.2 cm³/mol. The van der Waals surface area contributed by atoms with Crippen LogP contribution in [-0.4, -0.2) is 36.8 Å². The largest absolute Gasteiger partial charge is 0.492 e. The van der Waals surface area contributed by atoms with Gasteiger partial charge in [0.2, 0.25) is 0 Å². The Hall–Kier alpha value is -1.66. The molecule has 0 aliphatic heterocycles. The van der Waals surface area contributed by atoms with Gasteiger partial charge in [0, 0.05) is 19.0 Å². The van der Waals surface area contributed by atoms with Gasteiger partial charge in [-0.1, -0.05) is 23.2 Å². The minimum Gasteiger partial charge on any atom is -0.492 e. The molecule has 0 saturated heterocycles. The van der Waals surface area contributed by atoms with Crippen LogP contribution in [-0.2, 0) is 4.79 Å². The number of carbonyl (C=O) groups is 2. The molecule has 6 nitrogen and oxygen atoms in total. The molecule has 1 aromatic rings. The third-order valence-corrected chi connectivity index (χ3v) is 3.14. The van der Waals surface area contributed by atoms with Crippen molar-refractivity contribution in [2.24, 2.45) is 0 Å². The Bertz CT molecular complexity index is 497. The summed E-state index contributed by atoms with van der Waals surface area (Å²) in [4.78, 5) is 21.6. The number of carbonyl (C=O) groups excluding carboxylic acids is 1. The smallest absolute Gasteiger partial charge is 0.314 e. The van der Waals surface area contributed by atoms with Crippen molar-refractivity contribution in [2.45, 2.75) is 12.8 Å². The van der Waals surface area contributed by atoms with E-state index in [9.17, 15) is 9.59 Å². The van der Waals surface area contributed by atoms with E-state index in [0.717, 1.165) is 0 Å². The van der Waals surface area contributed by atoms with Crippen LogP contribution in [0.1, 0.15) is 12.8 Å². The molecule has 0 heterocycles. The van der Waals surface area contributed by atoms with Crippen molar-refractivity contribution < 1.29 is 19.4 Å². The van der Waals surface area contributed by atoms with E-state index >= 15 is 0 Å². The highest BCUT2D eigenvalue weighted by Gasteiger charge is 2.02. The molecule has 0 radical (unpaired) electrons. The van der Waals surface area contributed by atoms with Crippen LogP contribution < -0.4 is 15.4 Å². The molecule has 0 aliphatic rings. The van der Waals surface area contributed by atoms with Crippen LogP contribution in [0.25, 0.3) is 0 Å². The number of ether oxygens (including phenoxy) is 1. The number of carboxylic acid groups (broad SMARTS) is 1. The van der Waals surface area contributed by atoms with Crippen LogP contribution in [0.2, 0.25) is 10.0 Å². The number of benzene rings is 1. The maximum Gasteiger partial charge on any atom is 0.314 e. The van der Waals surface area contributed by atoms with E-state index in [1.807, 2.05) is 0 Å². The van der Waals surface area contributed by atoms with Gasteiger partial charge in [-0.25, -0.2) is 4.79 Å². The summed E-state index contributed by atoms with van der Waals surface area (Å²) in [6.45, 7) is 0.900. The normalized spacial score (nSPS) is 10.0. The SMILES string of the molecule is O=C(O)CCCNC(=O)NCCOc1ccc(Cl)c(Cl)c1. The molecule has 1 rings (SSSR count).